The van der Waals surface area contributed by atoms with Gasteiger partial charge in [0.05, 0.1) is 12.8 Å². The summed E-state index contributed by atoms with van der Waals surface area (Å²) in [4.78, 5) is 19.3. The minimum atomic E-state index is -1.15. The molecule has 0 amide bonds. The smallest absolute Gasteiger partial charge is 0.339 e. The number of pyridine rings is 2. The number of carboxylic acid groups (broad SMARTS) is 1. The molecule has 0 bridgehead atoms. The van der Waals surface area contributed by atoms with E-state index in [1.807, 2.05) is 0 Å². The van der Waals surface area contributed by atoms with Crippen molar-refractivity contribution in [1.82, 2.24) is 9.97 Å². The highest BCUT2D eigenvalue weighted by atomic mass is 35.5. The summed E-state index contributed by atoms with van der Waals surface area (Å²) in [5.41, 5.74) is 1.53. The highest BCUT2D eigenvalue weighted by molar-refractivity contribution is 6.33. The van der Waals surface area contributed by atoms with E-state index in [0.29, 0.717) is 22.6 Å². The molecule has 2 aromatic rings. The number of halogens is 1. The highest BCUT2D eigenvalue weighted by Crippen LogP contribution is 2.38. The van der Waals surface area contributed by atoms with Gasteiger partial charge in [-0.25, -0.2) is 9.78 Å². The van der Waals surface area contributed by atoms with Crippen molar-refractivity contribution >= 4 is 17.6 Å². The highest BCUT2D eigenvalue weighted by Gasteiger charge is 2.23. The van der Waals surface area contributed by atoms with Gasteiger partial charge in [0, 0.05) is 18.0 Å². The van der Waals surface area contributed by atoms with Gasteiger partial charge in [-0.3, -0.25) is 4.98 Å². The van der Waals surface area contributed by atoms with Gasteiger partial charge >= 0.3 is 5.97 Å². The Bertz CT molecular complexity index is 630. The number of aromatic carboxylic acids is 1. The Labute approximate surface area is 114 Å². The molecule has 0 fully saturated rings. The molecule has 0 aromatic carbocycles. The lowest BCUT2D eigenvalue weighted by atomic mass is 10.0. The zero-order chi connectivity index (χ0) is 14.0. The molecular formula is C13H11ClN2O3. The molecule has 98 valence electrons. The summed E-state index contributed by atoms with van der Waals surface area (Å²) in [5, 5.41) is 9.27. The van der Waals surface area contributed by atoms with Gasteiger partial charge in [-0.05, 0) is 24.6 Å². The molecule has 2 aromatic heterocycles. The van der Waals surface area contributed by atoms with Gasteiger partial charge < -0.3 is 9.84 Å². The third kappa shape index (κ3) is 2.37. The molecule has 2 rings (SSSR count). The zero-order valence-corrected chi connectivity index (χ0v) is 11.1. The first kappa shape index (κ1) is 13.3. The van der Waals surface area contributed by atoms with Crippen LogP contribution in [0.4, 0.5) is 0 Å². The number of hydrogen-bond donors (Lipinski definition) is 1. The second kappa shape index (κ2) is 5.24. The average molecular weight is 279 g/mol. The van der Waals surface area contributed by atoms with E-state index in [2.05, 4.69) is 9.97 Å². The summed E-state index contributed by atoms with van der Waals surface area (Å²) < 4.78 is 5.27. The van der Waals surface area contributed by atoms with Crippen molar-refractivity contribution in [2.24, 2.45) is 0 Å². The molecule has 19 heavy (non-hydrogen) atoms. The predicted octanol–water partition coefficient (Wildman–Crippen LogP) is 2.81. The van der Waals surface area contributed by atoms with Crippen molar-refractivity contribution in [2.45, 2.75) is 6.92 Å². The van der Waals surface area contributed by atoms with Crippen molar-refractivity contribution in [3.63, 3.8) is 0 Å². The number of rotatable bonds is 3. The van der Waals surface area contributed by atoms with Crippen molar-refractivity contribution in [2.75, 3.05) is 7.11 Å². The minimum absolute atomic E-state index is 0.0578. The van der Waals surface area contributed by atoms with Crippen LogP contribution >= 0.6 is 11.6 Å². The maximum atomic E-state index is 11.4. The summed E-state index contributed by atoms with van der Waals surface area (Å²) in [5.74, 6) is -0.754. The number of carbonyl (C=O) groups is 1. The molecule has 0 saturated heterocycles. The van der Waals surface area contributed by atoms with Gasteiger partial charge in [-0.15, -0.1) is 0 Å². The number of methoxy groups -OCH3 is 1. The molecule has 0 aliphatic heterocycles. The van der Waals surface area contributed by atoms with Crippen LogP contribution in [-0.4, -0.2) is 28.2 Å². The van der Waals surface area contributed by atoms with Crippen molar-refractivity contribution in [3.05, 3.63) is 40.9 Å². The summed E-state index contributed by atoms with van der Waals surface area (Å²) in [6.07, 6.45) is 3.15. The largest absolute Gasteiger partial charge is 0.494 e. The van der Waals surface area contributed by atoms with Crippen LogP contribution in [0.5, 0.6) is 5.75 Å². The molecule has 0 aliphatic rings. The van der Waals surface area contributed by atoms with E-state index < -0.39 is 5.97 Å². The Morgan fingerprint density at radius 2 is 2.00 bits per heavy atom. The lowest BCUT2D eigenvalue weighted by molar-refractivity contribution is 0.0697. The molecule has 5 nitrogen and oxygen atoms in total. The standard InChI is InChI=1S/C13H11ClN2O3/c1-7-11(19-2)9(8-3-5-15-6-4-8)10(13(17)18)12(14)16-7/h3-6H,1-2H3,(H,17,18). The molecule has 0 radical (unpaired) electrons. The van der Waals surface area contributed by atoms with Crippen LogP contribution in [0.25, 0.3) is 11.1 Å². The molecule has 0 unspecified atom stereocenters. The van der Waals surface area contributed by atoms with Crippen LogP contribution in [-0.2, 0) is 0 Å². The minimum Gasteiger partial charge on any atom is -0.494 e. The van der Waals surface area contributed by atoms with E-state index in [0.717, 1.165) is 0 Å². The molecule has 0 aliphatic carbocycles. The van der Waals surface area contributed by atoms with Crippen LogP contribution < -0.4 is 4.74 Å². The molecule has 0 atom stereocenters. The third-order valence-electron chi connectivity index (χ3n) is 2.66. The number of hydrogen-bond acceptors (Lipinski definition) is 4. The normalized spacial score (nSPS) is 10.3. The number of aromatic nitrogens is 2. The fourth-order valence-corrected chi connectivity index (χ4v) is 2.19. The van der Waals surface area contributed by atoms with Crippen LogP contribution in [0.1, 0.15) is 16.1 Å². The van der Waals surface area contributed by atoms with E-state index in [4.69, 9.17) is 16.3 Å². The van der Waals surface area contributed by atoms with E-state index in [1.54, 1.807) is 31.5 Å². The Balaban J connectivity index is 2.86. The first-order chi connectivity index (χ1) is 9.06. The number of ether oxygens (including phenoxy) is 1. The lowest BCUT2D eigenvalue weighted by Gasteiger charge is -2.14. The molecule has 2 heterocycles. The van der Waals surface area contributed by atoms with Crippen LogP contribution in [0.2, 0.25) is 5.15 Å². The van der Waals surface area contributed by atoms with Gasteiger partial charge in [0.25, 0.3) is 0 Å². The third-order valence-corrected chi connectivity index (χ3v) is 2.94. The molecule has 6 heteroatoms. The maximum absolute atomic E-state index is 11.4. The SMILES string of the molecule is COc1c(C)nc(Cl)c(C(=O)O)c1-c1ccncc1. The predicted molar refractivity (Wildman–Crippen MR) is 70.7 cm³/mol. The summed E-state index contributed by atoms with van der Waals surface area (Å²) in [6, 6.07) is 3.39. The first-order valence-electron chi connectivity index (χ1n) is 5.44. The summed E-state index contributed by atoms with van der Waals surface area (Å²) >= 11 is 5.95. The van der Waals surface area contributed by atoms with E-state index >= 15 is 0 Å². The molecule has 1 N–H and O–H groups in total. The maximum Gasteiger partial charge on any atom is 0.339 e. The lowest BCUT2D eigenvalue weighted by Crippen LogP contribution is -2.06. The van der Waals surface area contributed by atoms with Crippen LogP contribution in [0.15, 0.2) is 24.5 Å². The Morgan fingerprint density at radius 3 is 2.53 bits per heavy atom. The molecule has 0 spiro atoms. The monoisotopic (exact) mass is 278 g/mol. The van der Waals surface area contributed by atoms with Crippen molar-refractivity contribution in [1.29, 1.82) is 0 Å². The van der Waals surface area contributed by atoms with Crippen LogP contribution in [0.3, 0.4) is 0 Å². The zero-order valence-electron chi connectivity index (χ0n) is 10.3. The second-order valence-corrected chi connectivity index (χ2v) is 4.17. The van der Waals surface area contributed by atoms with Gasteiger partial charge in [-0.1, -0.05) is 11.6 Å². The Morgan fingerprint density at radius 1 is 1.37 bits per heavy atom. The van der Waals surface area contributed by atoms with E-state index in [9.17, 15) is 9.90 Å². The Kier molecular flexibility index (Phi) is 3.66. The van der Waals surface area contributed by atoms with E-state index in [1.165, 1.54) is 7.11 Å². The molecule has 0 saturated carbocycles. The average Bonchev–Trinajstić information content (AvgIpc) is 2.38. The second-order valence-electron chi connectivity index (χ2n) is 3.81. The van der Waals surface area contributed by atoms with Crippen molar-refractivity contribution < 1.29 is 14.6 Å². The van der Waals surface area contributed by atoms with Gasteiger partial charge in [0.2, 0.25) is 0 Å². The topological polar surface area (TPSA) is 72.3 Å². The fraction of sp³-hybridized carbons (Fsp3) is 0.154. The quantitative estimate of drug-likeness (QED) is 0.874. The van der Waals surface area contributed by atoms with E-state index in [-0.39, 0.29) is 10.7 Å². The van der Waals surface area contributed by atoms with Crippen LogP contribution in [0, 0.1) is 6.92 Å². The van der Waals surface area contributed by atoms with Gasteiger partial charge in [0.15, 0.2) is 0 Å². The fourth-order valence-electron chi connectivity index (χ4n) is 1.89. The molecular weight excluding hydrogens is 268 g/mol. The van der Waals surface area contributed by atoms with Gasteiger partial charge in [0.1, 0.15) is 16.5 Å². The van der Waals surface area contributed by atoms with Gasteiger partial charge in [-0.2, -0.15) is 0 Å². The number of aryl methyl sites for hydroxylation is 1. The summed E-state index contributed by atoms with van der Waals surface area (Å²) in [7, 11) is 1.47. The number of carboxylic acids is 1. The Hall–Kier alpha value is -2.14. The first-order valence-corrected chi connectivity index (χ1v) is 5.81. The summed E-state index contributed by atoms with van der Waals surface area (Å²) in [6.45, 7) is 1.71. The number of nitrogens with zero attached hydrogens (tertiary/aromatic N) is 2. The van der Waals surface area contributed by atoms with Crippen molar-refractivity contribution in [3.8, 4) is 16.9 Å².